The zero-order valence-corrected chi connectivity index (χ0v) is 17.2. The molecule has 6 nitrogen and oxygen atoms in total. The van der Waals surface area contributed by atoms with Crippen molar-refractivity contribution in [2.75, 3.05) is 36.8 Å². The van der Waals surface area contributed by atoms with Crippen LogP contribution in [0.15, 0.2) is 53.4 Å². The smallest absolute Gasteiger partial charge is 0.238 e. The molecule has 8 heteroatoms. The number of carbonyl (C=O) groups excluding carboxylic acids is 1. The largest absolute Gasteiger partial charge is 0.345 e. The molecule has 0 saturated carbocycles. The minimum Gasteiger partial charge on any atom is -0.345 e. The van der Waals surface area contributed by atoms with E-state index in [1.54, 1.807) is 40.5 Å². The van der Waals surface area contributed by atoms with Gasteiger partial charge in [-0.15, -0.1) is 0 Å². The molecular formula is C20H21N3O3S2. The molecule has 0 radical (unpaired) electrons. The van der Waals surface area contributed by atoms with Gasteiger partial charge in [-0.2, -0.15) is 0 Å². The quantitative estimate of drug-likeness (QED) is 0.655. The number of aromatic nitrogens is 1. The van der Waals surface area contributed by atoms with Crippen LogP contribution in [0.2, 0.25) is 0 Å². The number of thiazole rings is 1. The highest BCUT2D eigenvalue weighted by molar-refractivity contribution is 7.92. The Morgan fingerprint density at radius 3 is 2.39 bits per heavy atom. The summed E-state index contributed by atoms with van der Waals surface area (Å²) in [6.07, 6.45) is 0. The number of carbonyl (C=O) groups is 1. The van der Waals surface area contributed by atoms with Crippen LogP contribution in [0, 0.1) is 6.92 Å². The summed E-state index contributed by atoms with van der Waals surface area (Å²) < 4.78 is 26.2. The van der Waals surface area contributed by atoms with E-state index in [9.17, 15) is 13.2 Å². The lowest BCUT2D eigenvalue weighted by Gasteiger charge is -2.34. The van der Waals surface area contributed by atoms with Crippen LogP contribution in [-0.2, 0) is 14.6 Å². The van der Waals surface area contributed by atoms with Gasteiger partial charge in [0.05, 0.1) is 15.1 Å². The Hall–Kier alpha value is -2.45. The lowest BCUT2D eigenvalue weighted by molar-refractivity contribution is -0.128. The lowest BCUT2D eigenvalue weighted by atomic mass is 10.2. The van der Waals surface area contributed by atoms with Crippen LogP contribution in [0.4, 0.5) is 5.13 Å². The summed E-state index contributed by atoms with van der Waals surface area (Å²) in [7, 11) is -3.62. The molecule has 2 heterocycles. The number of amides is 1. The highest BCUT2D eigenvalue weighted by atomic mass is 32.2. The minimum atomic E-state index is -3.62. The normalized spacial score (nSPS) is 15.2. The zero-order chi connectivity index (χ0) is 19.7. The summed E-state index contributed by atoms with van der Waals surface area (Å²) in [6.45, 7) is 4.19. The van der Waals surface area contributed by atoms with Gasteiger partial charge in [-0.1, -0.05) is 41.2 Å². The molecule has 0 N–H and O–H groups in total. The fraction of sp³-hybridized carbons (Fsp3) is 0.300. The van der Waals surface area contributed by atoms with Crippen molar-refractivity contribution in [3.63, 3.8) is 0 Å². The van der Waals surface area contributed by atoms with E-state index in [1.807, 2.05) is 31.2 Å². The molecule has 1 saturated heterocycles. The number of hydrogen-bond acceptors (Lipinski definition) is 6. The molecule has 3 aromatic rings. The Balaban J connectivity index is 1.39. The SMILES string of the molecule is Cc1ccc(S(=O)(=O)CC(=O)N2CCN(c3nc4ccccc4s3)CC2)cc1. The third-order valence-corrected chi connectivity index (χ3v) is 7.59. The first kappa shape index (κ1) is 18.9. The van der Waals surface area contributed by atoms with Crippen LogP contribution in [-0.4, -0.2) is 56.1 Å². The molecular weight excluding hydrogens is 394 g/mol. The van der Waals surface area contributed by atoms with Crippen LogP contribution in [0.25, 0.3) is 10.2 Å². The number of anilines is 1. The summed E-state index contributed by atoms with van der Waals surface area (Å²) in [6, 6.07) is 14.6. The van der Waals surface area contributed by atoms with Gasteiger partial charge in [-0.3, -0.25) is 4.79 Å². The van der Waals surface area contributed by atoms with E-state index in [2.05, 4.69) is 9.88 Å². The Kier molecular flexibility index (Phi) is 5.07. The molecule has 2 aromatic carbocycles. The number of sulfone groups is 1. The standard InChI is InChI=1S/C20H21N3O3S2/c1-15-6-8-16(9-7-15)28(25,26)14-19(24)22-10-12-23(13-11-22)20-21-17-4-2-3-5-18(17)27-20/h2-9H,10-14H2,1H3. The summed E-state index contributed by atoms with van der Waals surface area (Å²) in [5.74, 6) is -0.832. The van der Waals surface area contributed by atoms with Gasteiger partial charge in [0.15, 0.2) is 15.0 Å². The number of benzene rings is 2. The maximum Gasteiger partial charge on any atom is 0.238 e. The van der Waals surface area contributed by atoms with Gasteiger partial charge in [0.2, 0.25) is 5.91 Å². The average molecular weight is 416 g/mol. The zero-order valence-electron chi connectivity index (χ0n) is 15.5. The topological polar surface area (TPSA) is 70.6 Å². The third-order valence-electron chi connectivity index (χ3n) is 4.88. The van der Waals surface area contributed by atoms with Gasteiger partial charge in [-0.05, 0) is 31.2 Å². The number of rotatable bonds is 4. The van der Waals surface area contributed by atoms with Gasteiger partial charge in [0.1, 0.15) is 5.75 Å². The van der Waals surface area contributed by atoms with Crippen molar-refractivity contribution in [1.29, 1.82) is 0 Å². The minimum absolute atomic E-state index is 0.194. The monoisotopic (exact) mass is 415 g/mol. The molecule has 0 unspecified atom stereocenters. The molecule has 0 atom stereocenters. The summed E-state index contributed by atoms with van der Waals surface area (Å²) in [5.41, 5.74) is 1.96. The van der Waals surface area contributed by atoms with Crippen molar-refractivity contribution in [1.82, 2.24) is 9.88 Å². The van der Waals surface area contributed by atoms with Gasteiger partial charge >= 0.3 is 0 Å². The highest BCUT2D eigenvalue weighted by Gasteiger charge is 2.27. The van der Waals surface area contributed by atoms with E-state index in [-0.39, 0.29) is 10.8 Å². The molecule has 1 aliphatic heterocycles. The van der Waals surface area contributed by atoms with Crippen molar-refractivity contribution in [3.8, 4) is 0 Å². The fourth-order valence-electron chi connectivity index (χ4n) is 3.23. The van der Waals surface area contributed by atoms with Crippen molar-refractivity contribution >= 4 is 42.4 Å². The van der Waals surface area contributed by atoms with Crippen molar-refractivity contribution in [2.24, 2.45) is 0 Å². The molecule has 0 aliphatic carbocycles. The summed E-state index contributed by atoms with van der Waals surface area (Å²) in [5, 5.41) is 0.945. The number of para-hydroxylation sites is 1. The predicted molar refractivity (Wildman–Crippen MR) is 112 cm³/mol. The van der Waals surface area contributed by atoms with E-state index in [4.69, 9.17) is 0 Å². The molecule has 1 amide bonds. The van der Waals surface area contributed by atoms with Crippen molar-refractivity contribution in [3.05, 3.63) is 54.1 Å². The second-order valence-electron chi connectivity index (χ2n) is 6.90. The maximum absolute atomic E-state index is 12.6. The molecule has 28 heavy (non-hydrogen) atoms. The fourth-order valence-corrected chi connectivity index (χ4v) is 5.47. The summed E-state index contributed by atoms with van der Waals surface area (Å²) >= 11 is 1.64. The summed E-state index contributed by atoms with van der Waals surface area (Å²) in [4.78, 5) is 21.2. The molecule has 0 bridgehead atoms. The van der Waals surface area contributed by atoms with E-state index >= 15 is 0 Å². The van der Waals surface area contributed by atoms with Crippen LogP contribution >= 0.6 is 11.3 Å². The predicted octanol–water partition coefficient (Wildman–Crippen LogP) is 2.73. The van der Waals surface area contributed by atoms with Crippen molar-refractivity contribution in [2.45, 2.75) is 11.8 Å². The van der Waals surface area contributed by atoms with Crippen LogP contribution in [0.5, 0.6) is 0 Å². The van der Waals surface area contributed by atoms with E-state index in [0.29, 0.717) is 26.2 Å². The Bertz CT molecular complexity index is 1070. The van der Waals surface area contributed by atoms with E-state index in [1.165, 1.54) is 0 Å². The first-order valence-corrected chi connectivity index (χ1v) is 11.6. The molecule has 1 aliphatic rings. The molecule has 0 spiro atoms. The molecule has 4 rings (SSSR count). The van der Waals surface area contributed by atoms with Gasteiger partial charge in [0, 0.05) is 26.2 Å². The third kappa shape index (κ3) is 3.88. The maximum atomic E-state index is 12.6. The Morgan fingerprint density at radius 2 is 1.71 bits per heavy atom. The second-order valence-corrected chi connectivity index (χ2v) is 9.90. The number of nitrogens with zero attached hydrogens (tertiary/aromatic N) is 3. The van der Waals surface area contributed by atoms with Crippen LogP contribution in [0.1, 0.15) is 5.56 Å². The Morgan fingerprint density at radius 1 is 1.04 bits per heavy atom. The number of hydrogen-bond donors (Lipinski definition) is 0. The first-order chi connectivity index (χ1) is 13.4. The highest BCUT2D eigenvalue weighted by Crippen LogP contribution is 2.29. The molecule has 1 aromatic heterocycles. The van der Waals surface area contributed by atoms with E-state index in [0.717, 1.165) is 20.9 Å². The van der Waals surface area contributed by atoms with Crippen LogP contribution < -0.4 is 4.90 Å². The van der Waals surface area contributed by atoms with Gasteiger partial charge in [-0.25, -0.2) is 13.4 Å². The number of aryl methyl sites for hydroxylation is 1. The Labute approximate surface area is 168 Å². The molecule has 146 valence electrons. The average Bonchev–Trinajstić information content (AvgIpc) is 3.12. The first-order valence-electron chi connectivity index (χ1n) is 9.10. The van der Waals surface area contributed by atoms with Crippen LogP contribution in [0.3, 0.4) is 0 Å². The van der Waals surface area contributed by atoms with Gasteiger partial charge < -0.3 is 9.80 Å². The van der Waals surface area contributed by atoms with Crippen molar-refractivity contribution < 1.29 is 13.2 Å². The number of piperazine rings is 1. The number of fused-ring (bicyclic) bond motifs is 1. The van der Waals surface area contributed by atoms with E-state index < -0.39 is 15.6 Å². The van der Waals surface area contributed by atoms with Gasteiger partial charge in [0.25, 0.3) is 0 Å². The second kappa shape index (κ2) is 7.52. The lowest BCUT2D eigenvalue weighted by Crippen LogP contribution is -2.50. The molecule has 1 fully saturated rings.